The molecule has 0 aliphatic heterocycles. The maximum Gasteiger partial charge on any atom is 0.130 e. The second kappa shape index (κ2) is 22.6. The fourth-order valence-electron chi connectivity index (χ4n) is 3.24. The predicted molar refractivity (Wildman–Crippen MR) is 123 cm³/mol. The molecule has 0 saturated carbocycles. The molecule has 0 atom stereocenters. The molecular formula is C21H42ClNS2. The Hall–Kier alpha value is 0.530. The third-order valence-corrected chi connectivity index (χ3v) is 5.41. The van der Waals surface area contributed by atoms with Crippen LogP contribution < -0.4 is 5.32 Å². The molecule has 4 heteroatoms. The van der Waals surface area contributed by atoms with Crippen molar-refractivity contribution < 1.29 is 0 Å². The van der Waals surface area contributed by atoms with Crippen LogP contribution in [0.5, 0.6) is 0 Å². The zero-order chi connectivity index (χ0) is 18.4. The zero-order valence-corrected chi connectivity index (χ0v) is 18.8. The summed E-state index contributed by atoms with van der Waals surface area (Å²) in [6.45, 7) is 0.983. The van der Waals surface area contributed by atoms with Crippen LogP contribution in [0, 0.1) is 0 Å². The SMILES string of the molecule is S=C(S)NCCCCCCCCCCCCCCCCCCCCCl. The largest absolute Gasteiger partial charge is 0.371 e. The van der Waals surface area contributed by atoms with Crippen molar-refractivity contribution in [2.45, 2.75) is 116 Å². The van der Waals surface area contributed by atoms with Gasteiger partial charge < -0.3 is 5.32 Å². The van der Waals surface area contributed by atoms with Gasteiger partial charge in [0.1, 0.15) is 4.32 Å². The second-order valence-electron chi connectivity index (χ2n) is 7.28. The van der Waals surface area contributed by atoms with Crippen molar-refractivity contribution in [3.63, 3.8) is 0 Å². The normalized spacial score (nSPS) is 11.0. The van der Waals surface area contributed by atoms with E-state index in [0.717, 1.165) is 12.4 Å². The Bertz CT molecular complexity index is 275. The third kappa shape index (κ3) is 24.5. The molecule has 0 aromatic carbocycles. The first-order chi connectivity index (χ1) is 12.3. The van der Waals surface area contributed by atoms with Crippen LogP contribution in [0.4, 0.5) is 0 Å². The number of thiol groups is 1. The maximum absolute atomic E-state index is 5.68. The Balaban J connectivity index is 2.97. The van der Waals surface area contributed by atoms with Crippen molar-refractivity contribution in [3.05, 3.63) is 0 Å². The van der Waals surface area contributed by atoms with Gasteiger partial charge in [-0.25, -0.2) is 0 Å². The molecule has 0 heterocycles. The van der Waals surface area contributed by atoms with Crippen molar-refractivity contribution in [1.29, 1.82) is 0 Å². The van der Waals surface area contributed by atoms with Crippen LogP contribution in [0.15, 0.2) is 0 Å². The summed E-state index contributed by atoms with van der Waals surface area (Å²) in [5.74, 6) is 0.837. The van der Waals surface area contributed by atoms with Gasteiger partial charge in [0.25, 0.3) is 0 Å². The van der Waals surface area contributed by atoms with Crippen LogP contribution in [0.1, 0.15) is 116 Å². The van der Waals surface area contributed by atoms with Crippen molar-refractivity contribution in [1.82, 2.24) is 5.32 Å². The predicted octanol–water partition coefficient (Wildman–Crippen LogP) is 8.05. The minimum absolute atomic E-state index is 0.623. The van der Waals surface area contributed by atoms with Crippen LogP contribution in [0.25, 0.3) is 0 Å². The summed E-state index contributed by atoms with van der Waals surface area (Å²) in [5, 5.41) is 3.09. The first-order valence-electron chi connectivity index (χ1n) is 10.8. The van der Waals surface area contributed by atoms with Gasteiger partial charge in [0.2, 0.25) is 0 Å². The van der Waals surface area contributed by atoms with Crippen molar-refractivity contribution in [3.8, 4) is 0 Å². The molecule has 0 fully saturated rings. The second-order valence-corrected chi connectivity index (χ2v) is 8.82. The molecule has 0 unspecified atom stereocenters. The van der Waals surface area contributed by atoms with E-state index in [0.29, 0.717) is 4.32 Å². The molecule has 25 heavy (non-hydrogen) atoms. The molecule has 0 aromatic heterocycles. The highest BCUT2D eigenvalue weighted by Gasteiger charge is 1.95. The van der Waals surface area contributed by atoms with Crippen LogP contribution >= 0.6 is 36.4 Å². The molecule has 1 nitrogen and oxygen atoms in total. The van der Waals surface area contributed by atoms with E-state index < -0.39 is 0 Å². The molecule has 1 N–H and O–H groups in total. The first-order valence-corrected chi connectivity index (χ1v) is 12.2. The van der Waals surface area contributed by atoms with E-state index in [2.05, 4.69) is 17.9 Å². The molecule has 0 bridgehead atoms. The number of hydrogen-bond acceptors (Lipinski definition) is 1. The molecule has 0 aromatic rings. The fourth-order valence-corrected chi connectivity index (χ4v) is 3.65. The number of hydrogen-bond donors (Lipinski definition) is 2. The van der Waals surface area contributed by atoms with Crippen LogP contribution in [-0.4, -0.2) is 16.7 Å². The topological polar surface area (TPSA) is 12.0 Å². The maximum atomic E-state index is 5.68. The molecule has 0 aliphatic rings. The average Bonchev–Trinajstić information content (AvgIpc) is 2.60. The van der Waals surface area contributed by atoms with Crippen LogP contribution in [0.3, 0.4) is 0 Å². The van der Waals surface area contributed by atoms with Gasteiger partial charge in [0, 0.05) is 12.4 Å². The zero-order valence-electron chi connectivity index (χ0n) is 16.4. The minimum atomic E-state index is 0.623. The van der Waals surface area contributed by atoms with Gasteiger partial charge in [-0.15, -0.1) is 24.2 Å². The van der Waals surface area contributed by atoms with E-state index >= 15 is 0 Å². The quantitative estimate of drug-likeness (QED) is 0.0915. The Morgan fingerprint density at radius 3 is 1.12 bits per heavy atom. The standard InChI is InChI=1S/C21H42ClNS2/c22-19-17-15-13-11-9-7-5-3-1-2-4-6-8-10-12-14-16-18-20-23-21(24)25/h1-20H2,(H2,23,24,25). The number of halogens is 1. The molecule has 0 spiro atoms. The molecule has 0 aliphatic carbocycles. The minimum Gasteiger partial charge on any atom is -0.371 e. The van der Waals surface area contributed by atoms with E-state index in [1.807, 2.05) is 0 Å². The number of thiocarbonyl (C=S) groups is 1. The van der Waals surface area contributed by atoms with Gasteiger partial charge in [-0.05, 0) is 12.8 Å². The Morgan fingerprint density at radius 1 is 0.560 bits per heavy atom. The molecule has 0 radical (unpaired) electrons. The van der Waals surface area contributed by atoms with Gasteiger partial charge in [0.15, 0.2) is 0 Å². The average molecular weight is 408 g/mol. The summed E-state index contributed by atoms with van der Waals surface area (Å²) in [4.78, 5) is 0. The summed E-state index contributed by atoms with van der Waals surface area (Å²) in [5.41, 5.74) is 0. The lowest BCUT2D eigenvalue weighted by Gasteiger charge is -2.04. The van der Waals surface area contributed by atoms with Gasteiger partial charge in [-0.3, -0.25) is 0 Å². The van der Waals surface area contributed by atoms with E-state index in [9.17, 15) is 0 Å². The Kier molecular flexibility index (Phi) is 23.0. The highest BCUT2D eigenvalue weighted by atomic mass is 35.5. The van der Waals surface area contributed by atoms with Gasteiger partial charge in [0.05, 0.1) is 0 Å². The van der Waals surface area contributed by atoms with E-state index in [1.165, 1.54) is 116 Å². The summed E-state index contributed by atoms with van der Waals surface area (Å²) in [6.07, 6.45) is 25.0. The van der Waals surface area contributed by atoms with Gasteiger partial charge in [-0.1, -0.05) is 115 Å². The monoisotopic (exact) mass is 407 g/mol. The lowest BCUT2D eigenvalue weighted by Crippen LogP contribution is -2.17. The summed E-state index contributed by atoms with van der Waals surface area (Å²) < 4.78 is 0.623. The van der Waals surface area contributed by atoms with Crippen molar-refractivity contribution in [2.75, 3.05) is 12.4 Å². The summed E-state index contributed by atoms with van der Waals surface area (Å²) >= 11 is 14.6. The van der Waals surface area contributed by atoms with Gasteiger partial charge in [-0.2, -0.15) is 0 Å². The molecule has 0 saturated heterocycles. The number of nitrogens with one attached hydrogen (secondary N) is 1. The molecule has 0 amide bonds. The van der Waals surface area contributed by atoms with Crippen molar-refractivity contribution >= 4 is 40.8 Å². The molecule has 150 valence electrons. The van der Waals surface area contributed by atoms with Crippen LogP contribution in [0.2, 0.25) is 0 Å². The highest BCUT2D eigenvalue weighted by molar-refractivity contribution is 8.11. The van der Waals surface area contributed by atoms with Crippen molar-refractivity contribution in [2.24, 2.45) is 0 Å². The van der Waals surface area contributed by atoms with Gasteiger partial charge >= 0.3 is 0 Å². The highest BCUT2D eigenvalue weighted by Crippen LogP contribution is 2.14. The van der Waals surface area contributed by atoms with E-state index in [1.54, 1.807) is 0 Å². The Labute approximate surface area is 173 Å². The molecule has 0 rings (SSSR count). The lowest BCUT2D eigenvalue weighted by atomic mass is 10.0. The number of rotatable bonds is 20. The first kappa shape index (κ1) is 25.5. The summed E-state index contributed by atoms with van der Waals surface area (Å²) in [7, 11) is 0. The van der Waals surface area contributed by atoms with Crippen LogP contribution in [-0.2, 0) is 0 Å². The Morgan fingerprint density at radius 2 is 0.840 bits per heavy atom. The summed E-state index contributed by atoms with van der Waals surface area (Å²) in [6, 6.07) is 0. The lowest BCUT2D eigenvalue weighted by molar-refractivity contribution is 0.525. The molecular weight excluding hydrogens is 366 g/mol. The number of alkyl halides is 1. The van der Waals surface area contributed by atoms with E-state index in [-0.39, 0.29) is 0 Å². The smallest absolute Gasteiger partial charge is 0.130 e. The number of unbranched alkanes of at least 4 members (excludes halogenated alkanes) is 17. The fraction of sp³-hybridized carbons (Fsp3) is 0.952. The third-order valence-electron chi connectivity index (χ3n) is 4.84. The van der Waals surface area contributed by atoms with E-state index in [4.69, 9.17) is 23.8 Å².